The van der Waals surface area contributed by atoms with Gasteiger partial charge in [0, 0.05) is 38.1 Å². The van der Waals surface area contributed by atoms with Crippen LogP contribution in [0.5, 0.6) is 0 Å². The van der Waals surface area contributed by atoms with E-state index >= 15 is 0 Å². The smallest absolute Gasteiger partial charge is 0.265 e. The molecule has 0 saturated heterocycles. The normalized spacial score (nSPS) is 11.5. The van der Waals surface area contributed by atoms with Crippen molar-refractivity contribution < 1.29 is 14.7 Å². The first kappa shape index (κ1) is 25.0. The van der Waals surface area contributed by atoms with E-state index in [1.165, 1.54) is 17.5 Å². The number of amides is 2. The van der Waals surface area contributed by atoms with Crippen molar-refractivity contribution in [1.82, 2.24) is 15.3 Å². The molecule has 0 fully saturated rings. The summed E-state index contributed by atoms with van der Waals surface area (Å²) in [4.78, 5) is 36.6. The molecule has 2 amide bonds. The fraction of sp³-hybridized carbons (Fsp3) is 0.185. The van der Waals surface area contributed by atoms with Crippen molar-refractivity contribution in [2.24, 2.45) is 0 Å². The van der Waals surface area contributed by atoms with Crippen LogP contribution in [0.2, 0.25) is 0 Å². The van der Waals surface area contributed by atoms with Crippen LogP contribution in [0, 0.1) is 0 Å². The minimum absolute atomic E-state index is 0.194. The lowest BCUT2D eigenvalue weighted by Crippen LogP contribution is -2.27. The topological polar surface area (TPSA) is 107 Å². The summed E-state index contributed by atoms with van der Waals surface area (Å²) in [5.74, 6) is -0.00387. The summed E-state index contributed by atoms with van der Waals surface area (Å²) < 4.78 is 0. The maximum atomic E-state index is 13.0. The highest BCUT2D eigenvalue weighted by Gasteiger charge is 2.18. The summed E-state index contributed by atoms with van der Waals surface area (Å²) in [6.07, 6.45) is 1.01. The van der Waals surface area contributed by atoms with E-state index in [9.17, 15) is 14.7 Å². The number of rotatable bonds is 9. The van der Waals surface area contributed by atoms with Gasteiger partial charge in [0.25, 0.3) is 11.8 Å². The molecule has 36 heavy (non-hydrogen) atoms. The maximum Gasteiger partial charge on any atom is 0.265 e. The second-order valence-corrected chi connectivity index (χ2v) is 9.26. The van der Waals surface area contributed by atoms with Crippen molar-refractivity contribution in [3.8, 4) is 11.3 Å². The van der Waals surface area contributed by atoms with Crippen molar-refractivity contribution in [3.63, 3.8) is 0 Å². The van der Waals surface area contributed by atoms with Gasteiger partial charge < -0.3 is 20.6 Å². The highest BCUT2D eigenvalue weighted by molar-refractivity contribution is 7.12. The molecule has 2 aromatic heterocycles. The van der Waals surface area contributed by atoms with Crippen LogP contribution in [0.4, 0.5) is 11.6 Å². The molecule has 0 aliphatic carbocycles. The second kappa shape index (κ2) is 11.6. The van der Waals surface area contributed by atoms with Gasteiger partial charge in [-0.15, -0.1) is 11.3 Å². The number of hydrogen-bond donors (Lipinski definition) is 3. The number of aliphatic hydroxyl groups is 1. The van der Waals surface area contributed by atoms with Crippen LogP contribution in [0.3, 0.4) is 0 Å². The monoisotopic (exact) mass is 501 g/mol. The van der Waals surface area contributed by atoms with Gasteiger partial charge in [-0.3, -0.25) is 9.59 Å². The molecule has 184 valence electrons. The number of aliphatic hydroxyl groups excluding tert-OH is 1. The Morgan fingerprint density at radius 2 is 1.83 bits per heavy atom. The first-order valence-corrected chi connectivity index (χ1v) is 12.3. The van der Waals surface area contributed by atoms with Gasteiger partial charge in [0.15, 0.2) is 0 Å². The number of carbonyl (C=O) groups is 2. The fourth-order valence-electron chi connectivity index (χ4n) is 3.58. The zero-order chi connectivity index (χ0) is 25.5. The Labute approximate surface area is 213 Å². The average molecular weight is 502 g/mol. The molecule has 0 aliphatic heterocycles. The Balaban J connectivity index is 1.40. The van der Waals surface area contributed by atoms with Crippen LogP contribution in [-0.2, 0) is 0 Å². The molecule has 1 atom stereocenters. The summed E-state index contributed by atoms with van der Waals surface area (Å²) in [6, 6.07) is 20.1. The van der Waals surface area contributed by atoms with Gasteiger partial charge in [-0.25, -0.2) is 9.97 Å². The number of hydrogen-bond acceptors (Lipinski definition) is 7. The molecular weight excluding hydrogens is 474 g/mol. The van der Waals surface area contributed by atoms with Crippen molar-refractivity contribution in [2.45, 2.75) is 12.5 Å². The fourth-order valence-corrected chi connectivity index (χ4v) is 4.20. The van der Waals surface area contributed by atoms with Crippen molar-refractivity contribution >= 4 is 34.8 Å². The number of aromatic nitrogens is 2. The molecule has 3 N–H and O–H groups in total. The Morgan fingerprint density at radius 3 is 2.56 bits per heavy atom. The highest BCUT2D eigenvalue weighted by atomic mass is 32.1. The number of benzene rings is 2. The molecular formula is C27H27N5O3S. The van der Waals surface area contributed by atoms with Gasteiger partial charge in [-0.2, -0.15) is 0 Å². The molecule has 2 heterocycles. The predicted octanol–water partition coefficient (Wildman–Crippen LogP) is 4.38. The molecule has 0 bridgehead atoms. The van der Waals surface area contributed by atoms with Crippen LogP contribution in [0.25, 0.3) is 11.3 Å². The van der Waals surface area contributed by atoms with Gasteiger partial charge >= 0.3 is 0 Å². The van der Waals surface area contributed by atoms with Gasteiger partial charge in [-0.1, -0.05) is 48.5 Å². The minimum atomic E-state index is -0.815. The summed E-state index contributed by atoms with van der Waals surface area (Å²) in [7, 11) is 3.68. The van der Waals surface area contributed by atoms with E-state index in [4.69, 9.17) is 0 Å². The van der Waals surface area contributed by atoms with E-state index in [1.807, 2.05) is 55.9 Å². The van der Waals surface area contributed by atoms with Gasteiger partial charge in [0.1, 0.15) is 0 Å². The van der Waals surface area contributed by atoms with Gasteiger partial charge in [0.05, 0.1) is 22.2 Å². The first-order chi connectivity index (χ1) is 17.4. The lowest BCUT2D eigenvalue weighted by Gasteiger charge is -2.16. The van der Waals surface area contributed by atoms with Gasteiger partial charge in [-0.05, 0) is 35.6 Å². The zero-order valence-corrected chi connectivity index (χ0v) is 20.8. The second-order valence-electron chi connectivity index (χ2n) is 8.31. The lowest BCUT2D eigenvalue weighted by molar-refractivity contribution is 0.0941. The first-order valence-electron chi connectivity index (χ1n) is 11.4. The third-order valence-electron chi connectivity index (χ3n) is 5.45. The van der Waals surface area contributed by atoms with Crippen LogP contribution >= 0.6 is 11.3 Å². The molecule has 2 aromatic carbocycles. The Bertz CT molecular complexity index is 1330. The van der Waals surface area contributed by atoms with Gasteiger partial charge in [0.2, 0.25) is 5.95 Å². The van der Waals surface area contributed by atoms with Crippen molar-refractivity contribution in [2.75, 3.05) is 30.9 Å². The highest BCUT2D eigenvalue weighted by Crippen LogP contribution is 2.24. The third kappa shape index (κ3) is 6.12. The molecule has 0 aliphatic rings. The summed E-state index contributed by atoms with van der Waals surface area (Å²) in [6.45, 7) is 0.245. The van der Waals surface area contributed by atoms with Crippen molar-refractivity contribution in [1.29, 1.82) is 0 Å². The molecule has 9 heteroatoms. The quantitative estimate of drug-likeness (QED) is 0.314. The van der Waals surface area contributed by atoms with E-state index in [0.717, 1.165) is 5.56 Å². The molecule has 0 spiro atoms. The van der Waals surface area contributed by atoms with E-state index < -0.39 is 6.10 Å². The molecule has 8 nitrogen and oxygen atoms in total. The van der Waals surface area contributed by atoms with E-state index in [0.29, 0.717) is 39.8 Å². The molecule has 4 rings (SSSR count). The third-order valence-corrected chi connectivity index (χ3v) is 6.31. The maximum absolute atomic E-state index is 13.0. The van der Waals surface area contributed by atoms with Crippen LogP contribution < -0.4 is 15.5 Å². The van der Waals surface area contributed by atoms with Crippen LogP contribution in [0.15, 0.2) is 78.3 Å². The predicted molar refractivity (Wildman–Crippen MR) is 142 cm³/mol. The van der Waals surface area contributed by atoms with Crippen LogP contribution in [0.1, 0.15) is 38.1 Å². The molecule has 4 aromatic rings. The number of nitrogens with zero attached hydrogens (tertiary/aromatic N) is 3. The van der Waals surface area contributed by atoms with Crippen LogP contribution in [-0.4, -0.2) is 47.5 Å². The van der Waals surface area contributed by atoms with Crippen molar-refractivity contribution in [3.05, 3.63) is 94.3 Å². The standard InChI is InChI=1S/C27H27N5O3S/c1-32(2)27-29-17-21(24(31-27)18-8-4-3-5-9-18)25(34)28-14-13-22(33)19-10-6-11-20(16-19)30-26(35)23-12-7-15-36-23/h3-12,15-17,22,33H,13-14H2,1-2H3,(H,28,34)(H,30,35). The summed E-state index contributed by atoms with van der Waals surface area (Å²) >= 11 is 1.36. The SMILES string of the molecule is CN(C)c1ncc(C(=O)NCCC(O)c2cccc(NC(=O)c3cccs3)c2)c(-c2ccccc2)n1. The molecule has 0 saturated carbocycles. The molecule has 1 unspecified atom stereocenters. The Morgan fingerprint density at radius 1 is 1.03 bits per heavy atom. The number of carbonyl (C=O) groups excluding carboxylic acids is 2. The molecule has 0 radical (unpaired) electrons. The Kier molecular flexibility index (Phi) is 8.04. The number of thiophene rings is 1. The number of nitrogens with one attached hydrogen (secondary N) is 2. The number of anilines is 2. The Hall–Kier alpha value is -4.08. The minimum Gasteiger partial charge on any atom is -0.388 e. The summed E-state index contributed by atoms with van der Waals surface area (Å²) in [5, 5.41) is 18.2. The van der Waals surface area contributed by atoms with E-state index in [-0.39, 0.29) is 18.4 Å². The van der Waals surface area contributed by atoms with E-state index in [2.05, 4.69) is 20.6 Å². The largest absolute Gasteiger partial charge is 0.388 e. The lowest BCUT2D eigenvalue weighted by atomic mass is 10.0. The van der Waals surface area contributed by atoms with E-state index in [1.54, 1.807) is 35.2 Å². The average Bonchev–Trinajstić information content (AvgIpc) is 3.44. The zero-order valence-electron chi connectivity index (χ0n) is 20.0. The summed E-state index contributed by atoms with van der Waals surface area (Å²) in [5.41, 5.74) is 2.96.